The highest BCUT2D eigenvalue weighted by Gasteiger charge is 2.17. The molecule has 0 aliphatic carbocycles. The maximum Gasteiger partial charge on any atom is 0.314 e. The van der Waals surface area contributed by atoms with Gasteiger partial charge in [-0.2, -0.15) is 0 Å². The van der Waals surface area contributed by atoms with Crippen LogP contribution in [0.2, 0.25) is 5.02 Å². The summed E-state index contributed by atoms with van der Waals surface area (Å²) in [7, 11) is 0. The fourth-order valence-electron chi connectivity index (χ4n) is 2.35. The molecule has 2 amide bonds. The molecule has 0 heterocycles. The van der Waals surface area contributed by atoms with Crippen molar-refractivity contribution in [2.45, 2.75) is 33.1 Å². The van der Waals surface area contributed by atoms with Crippen LogP contribution in [-0.4, -0.2) is 11.8 Å². The lowest BCUT2D eigenvalue weighted by Gasteiger charge is -2.15. The van der Waals surface area contributed by atoms with Gasteiger partial charge in [0.15, 0.2) is 0 Å². The molecule has 0 aromatic heterocycles. The van der Waals surface area contributed by atoms with Gasteiger partial charge in [0, 0.05) is 16.4 Å². The summed E-state index contributed by atoms with van der Waals surface area (Å²) in [6.07, 6.45) is 0.945. The minimum atomic E-state index is -0.723. The van der Waals surface area contributed by atoms with Gasteiger partial charge in [0.05, 0.1) is 0 Å². The molecule has 24 heavy (non-hydrogen) atoms. The van der Waals surface area contributed by atoms with Crippen molar-refractivity contribution in [3.63, 3.8) is 0 Å². The van der Waals surface area contributed by atoms with E-state index >= 15 is 0 Å². The number of hydrogen-bond donors (Lipinski definition) is 2. The summed E-state index contributed by atoms with van der Waals surface area (Å²) in [6.45, 7) is 6.00. The second-order valence-electron chi connectivity index (χ2n) is 5.76. The molecule has 1 atom stereocenters. The Balaban J connectivity index is 2.13. The molecule has 2 rings (SSSR count). The van der Waals surface area contributed by atoms with E-state index in [1.165, 1.54) is 0 Å². The van der Waals surface area contributed by atoms with Crippen molar-refractivity contribution in [3.8, 4) is 0 Å². The van der Waals surface area contributed by atoms with Crippen molar-refractivity contribution >= 4 is 34.8 Å². The maximum absolute atomic E-state index is 12.2. The monoisotopic (exact) mass is 344 g/mol. The predicted molar refractivity (Wildman–Crippen MR) is 98.6 cm³/mol. The van der Waals surface area contributed by atoms with E-state index in [9.17, 15) is 9.59 Å². The zero-order valence-corrected chi connectivity index (χ0v) is 14.8. The molecule has 0 spiro atoms. The number of hydrogen-bond acceptors (Lipinski definition) is 2. The van der Waals surface area contributed by atoms with Gasteiger partial charge in [-0.05, 0) is 48.6 Å². The van der Waals surface area contributed by atoms with Gasteiger partial charge in [0.2, 0.25) is 0 Å². The van der Waals surface area contributed by atoms with E-state index in [4.69, 9.17) is 11.6 Å². The molecular formula is C19H21ClN2O2. The Morgan fingerprint density at radius 2 is 1.67 bits per heavy atom. The van der Waals surface area contributed by atoms with E-state index in [0.717, 1.165) is 17.5 Å². The Morgan fingerprint density at radius 1 is 1.04 bits per heavy atom. The summed E-state index contributed by atoms with van der Waals surface area (Å²) in [5.41, 5.74) is 3.04. The van der Waals surface area contributed by atoms with Crippen LogP contribution < -0.4 is 10.6 Å². The zero-order chi connectivity index (χ0) is 17.7. The van der Waals surface area contributed by atoms with E-state index in [1.807, 2.05) is 25.1 Å². The summed E-state index contributed by atoms with van der Waals surface area (Å²) >= 11 is 5.93. The first-order chi connectivity index (χ1) is 11.4. The average molecular weight is 345 g/mol. The SMILES string of the molecule is CCC(C)c1ccccc1NC(=O)C(=O)Nc1cc(Cl)ccc1C. The molecule has 0 radical (unpaired) electrons. The number of amides is 2. The van der Waals surface area contributed by atoms with Gasteiger partial charge in [0.1, 0.15) is 0 Å². The Bertz CT molecular complexity index is 759. The lowest BCUT2D eigenvalue weighted by atomic mass is 9.97. The summed E-state index contributed by atoms with van der Waals surface area (Å²) < 4.78 is 0. The molecule has 126 valence electrons. The number of carbonyl (C=O) groups excluding carboxylic acids is 2. The van der Waals surface area contributed by atoms with Gasteiger partial charge in [0.25, 0.3) is 0 Å². The summed E-state index contributed by atoms with van der Waals surface area (Å²) in [5, 5.41) is 5.79. The van der Waals surface area contributed by atoms with E-state index in [-0.39, 0.29) is 0 Å². The fourth-order valence-corrected chi connectivity index (χ4v) is 2.52. The van der Waals surface area contributed by atoms with Gasteiger partial charge in [-0.1, -0.05) is 49.7 Å². The third-order valence-corrected chi connectivity index (χ3v) is 4.24. The smallest absolute Gasteiger partial charge is 0.314 e. The quantitative estimate of drug-likeness (QED) is 0.787. The molecule has 2 N–H and O–H groups in total. The van der Waals surface area contributed by atoms with Crippen LogP contribution >= 0.6 is 11.6 Å². The molecule has 0 fully saturated rings. The van der Waals surface area contributed by atoms with Crippen LogP contribution in [-0.2, 0) is 9.59 Å². The first kappa shape index (κ1) is 18.0. The van der Waals surface area contributed by atoms with Crippen molar-refractivity contribution in [3.05, 3.63) is 58.6 Å². The normalized spacial score (nSPS) is 11.7. The maximum atomic E-state index is 12.2. The van der Waals surface area contributed by atoms with Crippen molar-refractivity contribution in [2.24, 2.45) is 0 Å². The number of para-hydroxylation sites is 1. The van der Waals surface area contributed by atoms with Crippen LogP contribution in [0.25, 0.3) is 0 Å². The number of aryl methyl sites for hydroxylation is 1. The number of rotatable bonds is 4. The molecule has 0 aliphatic heterocycles. The minimum absolute atomic E-state index is 0.291. The minimum Gasteiger partial charge on any atom is -0.318 e. The highest BCUT2D eigenvalue weighted by Crippen LogP contribution is 2.26. The molecule has 0 saturated carbocycles. The molecule has 2 aromatic rings. The molecule has 2 aromatic carbocycles. The average Bonchev–Trinajstić information content (AvgIpc) is 2.57. The van der Waals surface area contributed by atoms with Crippen LogP contribution in [0.15, 0.2) is 42.5 Å². The van der Waals surface area contributed by atoms with Crippen LogP contribution in [0.1, 0.15) is 37.3 Å². The summed E-state index contributed by atoms with van der Waals surface area (Å²) in [4.78, 5) is 24.4. The number of halogens is 1. The Kier molecular flexibility index (Phi) is 5.99. The number of carbonyl (C=O) groups is 2. The highest BCUT2D eigenvalue weighted by atomic mass is 35.5. The lowest BCUT2D eigenvalue weighted by Crippen LogP contribution is -2.29. The summed E-state index contributed by atoms with van der Waals surface area (Å²) in [5.74, 6) is -1.14. The predicted octanol–water partition coefficient (Wildman–Crippen LogP) is 4.74. The molecular weight excluding hydrogens is 324 g/mol. The van der Waals surface area contributed by atoms with Crippen molar-refractivity contribution in [1.29, 1.82) is 0 Å². The van der Waals surface area contributed by atoms with Crippen LogP contribution in [0.5, 0.6) is 0 Å². The lowest BCUT2D eigenvalue weighted by molar-refractivity contribution is -0.133. The van der Waals surface area contributed by atoms with Crippen molar-refractivity contribution < 1.29 is 9.59 Å². The Labute approximate surface area is 147 Å². The standard InChI is InChI=1S/C19H21ClN2O2/c1-4-12(2)15-7-5-6-8-16(15)21-18(23)19(24)22-17-11-14(20)10-9-13(17)3/h5-12H,4H2,1-3H3,(H,21,23)(H,22,24). The number of benzene rings is 2. The largest absolute Gasteiger partial charge is 0.318 e. The van der Waals surface area contributed by atoms with Gasteiger partial charge in [-0.3, -0.25) is 9.59 Å². The first-order valence-corrected chi connectivity index (χ1v) is 8.27. The van der Waals surface area contributed by atoms with Crippen LogP contribution in [0.4, 0.5) is 11.4 Å². The molecule has 0 saturated heterocycles. The second kappa shape index (κ2) is 7.97. The number of anilines is 2. The topological polar surface area (TPSA) is 58.2 Å². The molecule has 1 unspecified atom stereocenters. The van der Waals surface area contributed by atoms with E-state index in [1.54, 1.807) is 24.3 Å². The van der Waals surface area contributed by atoms with E-state index in [2.05, 4.69) is 24.5 Å². The van der Waals surface area contributed by atoms with Gasteiger partial charge < -0.3 is 10.6 Å². The third-order valence-electron chi connectivity index (χ3n) is 4.01. The highest BCUT2D eigenvalue weighted by molar-refractivity contribution is 6.44. The van der Waals surface area contributed by atoms with E-state index < -0.39 is 11.8 Å². The third kappa shape index (κ3) is 4.36. The first-order valence-electron chi connectivity index (χ1n) is 7.89. The molecule has 5 heteroatoms. The van der Waals surface area contributed by atoms with Gasteiger partial charge in [-0.15, -0.1) is 0 Å². The van der Waals surface area contributed by atoms with Gasteiger partial charge >= 0.3 is 11.8 Å². The van der Waals surface area contributed by atoms with Crippen LogP contribution in [0.3, 0.4) is 0 Å². The van der Waals surface area contributed by atoms with Crippen molar-refractivity contribution in [2.75, 3.05) is 10.6 Å². The van der Waals surface area contributed by atoms with Gasteiger partial charge in [-0.25, -0.2) is 0 Å². The van der Waals surface area contributed by atoms with E-state index in [0.29, 0.717) is 22.3 Å². The molecule has 0 aliphatic rings. The summed E-state index contributed by atoms with van der Waals surface area (Å²) in [6, 6.07) is 12.7. The van der Waals surface area contributed by atoms with Crippen molar-refractivity contribution in [1.82, 2.24) is 0 Å². The Morgan fingerprint density at radius 3 is 2.33 bits per heavy atom. The molecule has 0 bridgehead atoms. The molecule has 4 nitrogen and oxygen atoms in total. The Hall–Kier alpha value is -2.33. The number of nitrogens with one attached hydrogen (secondary N) is 2. The second-order valence-corrected chi connectivity index (χ2v) is 6.20. The van der Waals surface area contributed by atoms with Crippen LogP contribution in [0, 0.1) is 6.92 Å². The fraction of sp³-hybridized carbons (Fsp3) is 0.263. The zero-order valence-electron chi connectivity index (χ0n) is 14.0.